The van der Waals surface area contributed by atoms with E-state index in [9.17, 15) is 18.0 Å². The lowest BCUT2D eigenvalue weighted by atomic mass is 9.84. The number of carbonyl (C=O) groups is 2. The molecular weight excluding hydrogens is 482 g/mol. The fourth-order valence-electron chi connectivity index (χ4n) is 4.40. The number of Topliss-reactive ketones (excluding diaryl/α,β-unsaturated/α-hetero) is 1. The van der Waals surface area contributed by atoms with Crippen molar-refractivity contribution in [2.45, 2.75) is 83.8 Å². The molecule has 1 aliphatic carbocycles. The molecule has 10 nitrogen and oxygen atoms in total. The number of aliphatic imine (C=N–C) groups is 1. The number of para-hydroxylation sites is 2. The van der Waals surface area contributed by atoms with E-state index in [2.05, 4.69) is 25.3 Å². The molecule has 0 spiro atoms. The van der Waals surface area contributed by atoms with Crippen molar-refractivity contribution in [1.82, 2.24) is 20.3 Å². The molecule has 2 aromatic rings. The topological polar surface area (TPSA) is 143 Å². The fourth-order valence-corrected chi connectivity index (χ4v) is 4.87. The van der Waals surface area contributed by atoms with Gasteiger partial charge in [0.05, 0.1) is 12.3 Å². The van der Waals surface area contributed by atoms with Gasteiger partial charge in [0.25, 0.3) is 5.89 Å². The molecule has 1 aliphatic rings. The minimum atomic E-state index is -3.61. The first-order valence-electron chi connectivity index (χ1n) is 12.6. The van der Waals surface area contributed by atoms with Crippen LogP contribution in [0.15, 0.2) is 33.7 Å². The number of fused-ring (bicyclic) bond motifs is 1. The zero-order valence-electron chi connectivity index (χ0n) is 21.4. The van der Waals surface area contributed by atoms with E-state index in [-0.39, 0.29) is 17.9 Å². The lowest BCUT2D eigenvalue weighted by molar-refractivity contribution is -0.123. The number of rotatable bonds is 10. The summed E-state index contributed by atoms with van der Waals surface area (Å²) in [6, 6.07) is 5.25. The standard InChI is InChI=1S/C25H37N5O5S/c1-5-18(22(31)24-28-19-13-9-10-14-21(19)35-24)27-23(32)20(15-17-11-7-6-8-12-17)29-25(26-16(2)3)30-36(4,33)34/h9-10,13-14,16-18,20H,5-8,11-12,15H2,1-4H3,(H,27,32)(H2,26,29,30). The zero-order chi connectivity index (χ0) is 26.3. The normalized spacial score (nSPS) is 17.1. The van der Waals surface area contributed by atoms with Crippen LogP contribution >= 0.6 is 0 Å². The van der Waals surface area contributed by atoms with Gasteiger partial charge in [-0.25, -0.2) is 18.4 Å². The van der Waals surface area contributed by atoms with Crippen molar-refractivity contribution in [1.29, 1.82) is 0 Å². The number of guanidine groups is 1. The van der Waals surface area contributed by atoms with Gasteiger partial charge in [-0.15, -0.1) is 0 Å². The van der Waals surface area contributed by atoms with Gasteiger partial charge in [0.2, 0.25) is 27.7 Å². The highest BCUT2D eigenvalue weighted by molar-refractivity contribution is 7.89. The average molecular weight is 520 g/mol. The maximum absolute atomic E-state index is 13.5. The molecule has 1 amide bonds. The van der Waals surface area contributed by atoms with Gasteiger partial charge in [0, 0.05) is 6.04 Å². The lowest BCUT2D eigenvalue weighted by Crippen LogP contribution is -2.48. The van der Waals surface area contributed by atoms with Crippen LogP contribution in [0.5, 0.6) is 0 Å². The van der Waals surface area contributed by atoms with Gasteiger partial charge >= 0.3 is 0 Å². The number of nitrogens with one attached hydrogen (secondary N) is 3. The highest BCUT2D eigenvalue weighted by atomic mass is 32.2. The first kappa shape index (κ1) is 27.6. The molecule has 11 heteroatoms. The number of carbonyl (C=O) groups excluding carboxylic acids is 2. The molecule has 0 saturated heterocycles. The van der Waals surface area contributed by atoms with E-state index in [0.29, 0.717) is 29.9 Å². The molecule has 2 atom stereocenters. The summed E-state index contributed by atoms with van der Waals surface area (Å²) in [5, 5.41) is 5.80. The highest BCUT2D eigenvalue weighted by Crippen LogP contribution is 2.28. The van der Waals surface area contributed by atoms with Crippen molar-refractivity contribution >= 4 is 38.8 Å². The van der Waals surface area contributed by atoms with E-state index in [1.165, 1.54) is 6.42 Å². The molecule has 2 unspecified atom stereocenters. The molecule has 1 aromatic heterocycles. The molecule has 1 saturated carbocycles. The number of aromatic nitrogens is 1. The van der Waals surface area contributed by atoms with Crippen LogP contribution in [0.4, 0.5) is 0 Å². The zero-order valence-corrected chi connectivity index (χ0v) is 22.2. The maximum Gasteiger partial charge on any atom is 0.266 e. The molecule has 1 heterocycles. The second-order valence-electron chi connectivity index (χ2n) is 9.73. The Labute approximate surface area is 212 Å². The van der Waals surface area contributed by atoms with E-state index in [0.717, 1.165) is 31.9 Å². The van der Waals surface area contributed by atoms with Crippen LogP contribution in [0, 0.1) is 5.92 Å². The van der Waals surface area contributed by atoms with Crippen LogP contribution < -0.4 is 15.4 Å². The molecule has 0 radical (unpaired) electrons. The van der Waals surface area contributed by atoms with Gasteiger partial charge < -0.3 is 15.1 Å². The van der Waals surface area contributed by atoms with Gasteiger partial charge in [0.15, 0.2) is 5.58 Å². The number of ketones is 1. The number of hydrogen-bond acceptors (Lipinski definition) is 7. The predicted octanol–water partition coefficient (Wildman–Crippen LogP) is 3.15. The molecule has 1 fully saturated rings. The Balaban J connectivity index is 1.84. The number of hydrogen-bond donors (Lipinski definition) is 3. The predicted molar refractivity (Wildman–Crippen MR) is 139 cm³/mol. The number of amides is 1. The summed E-state index contributed by atoms with van der Waals surface area (Å²) >= 11 is 0. The quantitative estimate of drug-likeness (QED) is 0.249. The van der Waals surface area contributed by atoms with Crippen molar-refractivity contribution in [2.75, 3.05) is 6.26 Å². The molecule has 0 bridgehead atoms. The fraction of sp³-hybridized carbons (Fsp3) is 0.600. The summed E-state index contributed by atoms with van der Waals surface area (Å²) < 4.78 is 31.8. The maximum atomic E-state index is 13.5. The molecule has 198 valence electrons. The van der Waals surface area contributed by atoms with Gasteiger partial charge in [-0.2, -0.15) is 0 Å². The number of nitrogens with zero attached hydrogens (tertiary/aromatic N) is 2. The third-order valence-electron chi connectivity index (χ3n) is 6.12. The van der Waals surface area contributed by atoms with Crippen LogP contribution in [0.2, 0.25) is 0 Å². The van der Waals surface area contributed by atoms with Crippen LogP contribution in [0.25, 0.3) is 11.1 Å². The Morgan fingerprint density at radius 3 is 2.44 bits per heavy atom. The SMILES string of the molecule is CCC(NC(=O)C(CC1CCCCC1)N=C(NC(C)C)NS(C)(=O)=O)C(=O)c1nc2ccccc2o1. The van der Waals surface area contributed by atoms with E-state index in [1.54, 1.807) is 31.2 Å². The summed E-state index contributed by atoms with van der Waals surface area (Å²) in [5.41, 5.74) is 1.07. The van der Waals surface area contributed by atoms with Crippen LogP contribution in [0.3, 0.4) is 0 Å². The Hall–Kier alpha value is -2.95. The number of benzene rings is 1. The first-order valence-corrected chi connectivity index (χ1v) is 14.5. The van der Waals surface area contributed by atoms with Crippen LogP contribution in [-0.4, -0.2) is 55.4 Å². The van der Waals surface area contributed by atoms with Gasteiger partial charge in [-0.1, -0.05) is 51.2 Å². The summed E-state index contributed by atoms with van der Waals surface area (Å²) in [5.74, 6) is -0.601. The van der Waals surface area contributed by atoms with Crippen molar-refractivity contribution in [3.63, 3.8) is 0 Å². The monoisotopic (exact) mass is 519 g/mol. The van der Waals surface area contributed by atoms with Crippen molar-refractivity contribution in [3.8, 4) is 0 Å². The van der Waals surface area contributed by atoms with Gasteiger partial charge in [-0.05, 0) is 44.7 Å². The van der Waals surface area contributed by atoms with Crippen molar-refractivity contribution in [3.05, 3.63) is 30.2 Å². The molecule has 1 aromatic carbocycles. The Kier molecular flexibility index (Phi) is 9.47. The van der Waals surface area contributed by atoms with Crippen LogP contribution in [0.1, 0.15) is 76.4 Å². The average Bonchev–Trinajstić information content (AvgIpc) is 3.25. The second kappa shape index (κ2) is 12.3. The van der Waals surface area contributed by atoms with Crippen LogP contribution in [-0.2, 0) is 14.8 Å². The van der Waals surface area contributed by atoms with E-state index in [4.69, 9.17) is 4.42 Å². The van der Waals surface area contributed by atoms with E-state index >= 15 is 0 Å². The van der Waals surface area contributed by atoms with Crippen molar-refractivity contribution in [2.24, 2.45) is 10.9 Å². The minimum Gasteiger partial charge on any atom is -0.434 e. The smallest absolute Gasteiger partial charge is 0.266 e. The third kappa shape index (κ3) is 8.04. The van der Waals surface area contributed by atoms with Gasteiger partial charge in [0.1, 0.15) is 11.6 Å². The van der Waals surface area contributed by atoms with E-state index in [1.807, 2.05) is 13.8 Å². The minimum absolute atomic E-state index is 0.0155. The largest absolute Gasteiger partial charge is 0.434 e. The van der Waals surface area contributed by atoms with Gasteiger partial charge in [-0.3, -0.25) is 14.3 Å². The molecular formula is C25H37N5O5S. The molecule has 3 rings (SSSR count). The molecule has 36 heavy (non-hydrogen) atoms. The number of oxazole rings is 1. The summed E-state index contributed by atoms with van der Waals surface area (Å²) in [7, 11) is -3.61. The summed E-state index contributed by atoms with van der Waals surface area (Å²) in [4.78, 5) is 35.4. The Morgan fingerprint density at radius 1 is 1.14 bits per heavy atom. The molecule has 3 N–H and O–H groups in total. The Bertz CT molecular complexity index is 1150. The van der Waals surface area contributed by atoms with E-state index < -0.39 is 33.8 Å². The summed E-state index contributed by atoms with van der Waals surface area (Å²) in [6.45, 7) is 5.49. The molecule has 0 aliphatic heterocycles. The first-order chi connectivity index (χ1) is 17.1. The lowest BCUT2D eigenvalue weighted by Gasteiger charge is -2.26. The van der Waals surface area contributed by atoms with Crippen molar-refractivity contribution < 1.29 is 22.4 Å². The third-order valence-corrected chi connectivity index (χ3v) is 6.69. The highest BCUT2D eigenvalue weighted by Gasteiger charge is 2.30. The summed E-state index contributed by atoms with van der Waals surface area (Å²) in [6.07, 6.45) is 7.17. The second-order valence-corrected chi connectivity index (χ2v) is 11.5. The Morgan fingerprint density at radius 2 is 1.83 bits per heavy atom. The number of sulfonamides is 1.